The fourth-order valence-electron chi connectivity index (χ4n) is 1.82. The summed E-state index contributed by atoms with van der Waals surface area (Å²) in [7, 11) is 0. The molecule has 0 radical (unpaired) electrons. The van der Waals surface area contributed by atoms with Crippen LogP contribution < -0.4 is 10.9 Å². The Kier molecular flexibility index (Phi) is 4.21. The second-order valence-electron chi connectivity index (χ2n) is 4.56. The highest BCUT2D eigenvalue weighted by atomic mass is 16.6. The first-order valence-corrected chi connectivity index (χ1v) is 6.30. The summed E-state index contributed by atoms with van der Waals surface area (Å²) in [6.07, 6.45) is 1.36. The summed E-state index contributed by atoms with van der Waals surface area (Å²) in [6.45, 7) is 3.18. The van der Waals surface area contributed by atoms with Gasteiger partial charge in [-0.15, -0.1) is 0 Å². The van der Waals surface area contributed by atoms with Crippen LogP contribution >= 0.6 is 0 Å². The summed E-state index contributed by atoms with van der Waals surface area (Å²) in [4.78, 5) is 34.0. The maximum absolute atomic E-state index is 11.9. The Morgan fingerprint density at radius 3 is 2.41 bits per heavy atom. The summed E-state index contributed by atoms with van der Waals surface area (Å²) >= 11 is 0. The molecule has 2 N–H and O–H groups in total. The third-order valence-corrected chi connectivity index (χ3v) is 3.06. The van der Waals surface area contributed by atoms with Crippen LogP contribution in [-0.2, 0) is 0 Å². The molecule has 22 heavy (non-hydrogen) atoms. The van der Waals surface area contributed by atoms with Crippen LogP contribution in [0.3, 0.4) is 0 Å². The highest BCUT2D eigenvalue weighted by Gasteiger charge is 2.16. The number of hydrazine groups is 1. The van der Waals surface area contributed by atoms with Crippen LogP contribution in [0.15, 0.2) is 34.9 Å². The number of nitrogens with one attached hydrogen (secondary N) is 2. The smallest absolute Gasteiger partial charge is 0.273 e. The van der Waals surface area contributed by atoms with Crippen molar-refractivity contribution in [1.29, 1.82) is 0 Å². The van der Waals surface area contributed by atoms with E-state index in [0.717, 1.165) is 6.07 Å². The normalized spacial score (nSPS) is 10.1. The summed E-state index contributed by atoms with van der Waals surface area (Å²) in [5, 5.41) is 10.8. The van der Waals surface area contributed by atoms with Crippen molar-refractivity contribution >= 4 is 17.5 Å². The van der Waals surface area contributed by atoms with Crippen molar-refractivity contribution in [1.82, 2.24) is 10.9 Å². The molecule has 0 spiro atoms. The van der Waals surface area contributed by atoms with Gasteiger partial charge in [-0.2, -0.15) is 0 Å². The van der Waals surface area contributed by atoms with Crippen molar-refractivity contribution in [3.8, 4) is 0 Å². The molecule has 0 atom stereocenters. The molecule has 1 aromatic heterocycles. The van der Waals surface area contributed by atoms with Gasteiger partial charge in [0.2, 0.25) is 0 Å². The number of nitro groups is 1. The van der Waals surface area contributed by atoms with E-state index in [9.17, 15) is 19.7 Å². The topological polar surface area (TPSA) is 114 Å². The Hall–Kier alpha value is -3.16. The second-order valence-corrected chi connectivity index (χ2v) is 4.56. The van der Waals surface area contributed by atoms with Gasteiger partial charge >= 0.3 is 0 Å². The van der Waals surface area contributed by atoms with Gasteiger partial charge < -0.3 is 4.42 Å². The predicted octanol–water partition coefficient (Wildman–Crippen LogP) is 1.88. The largest absolute Gasteiger partial charge is 0.469 e. The van der Waals surface area contributed by atoms with Gasteiger partial charge in [0.15, 0.2) is 0 Å². The number of carbonyl (C=O) groups is 2. The highest BCUT2D eigenvalue weighted by molar-refractivity contribution is 5.99. The van der Waals surface area contributed by atoms with E-state index in [4.69, 9.17) is 4.42 Å². The highest BCUT2D eigenvalue weighted by Crippen LogP contribution is 2.19. The first kappa shape index (κ1) is 15.2. The monoisotopic (exact) mass is 303 g/mol. The third kappa shape index (κ3) is 3.11. The van der Waals surface area contributed by atoms with Gasteiger partial charge in [-0.1, -0.05) is 6.07 Å². The van der Waals surface area contributed by atoms with Gasteiger partial charge in [-0.3, -0.25) is 30.6 Å². The fourth-order valence-corrected chi connectivity index (χ4v) is 1.82. The maximum atomic E-state index is 11.9. The Labute approximate surface area is 125 Å². The zero-order valence-corrected chi connectivity index (χ0v) is 11.9. The zero-order valence-electron chi connectivity index (χ0n) is 11.9. The van der Waals surface area contributed by atoms with Crippen LogP contribution in [0, 0.1) is 24.0 Å². The molecule has 0 aliphatic carbocycles. The zero-order chi connectivity index (χ0) is 16.3. The van der Waals surface area contributed by atoms with Crippen molar-refractivity contribution < 1.29 is 18.9 Å². The first-order valence-electron chi connectivity index (χ1n) is 6.30. The molecular formula is C14H13N3O5. The van der Waals surface area contributed by atoms with Crippen molar-refractivity contribution in [2.75, 3.05) is 0 Å². The molecule has 2 aromatic rings. The van der Waals surface area contributed by atoms with Crippen molar-refractivity contribution in [2.45, 2.75) is 13.8 Å². The van der Waals surface area contributed by atoms with E-state index in [1.807, 2.05) is 0 Å². The molecule has 0 bridgehead atoms. The summed E-state index contributed by atoms with van der Waals surface area (Å²) in [5.41, 5.74) is 5.06. The van der Waals surface area contributed by atoms with Crippen LogP contribution in [0.2, 0.25) is 0 Å². The van der Waals surface area contributed by atoms with Crippen molar-refractivity contribution in [3.05, 3.63) is 63.1 Å². The van der Waals surface area contributed by atoms with Crippen LogP contribution in [0.1, 0.15) is 32.0 Å². The second kappa shape index (κ2) is 6.08. The van der Waals surface area contributed by atoms with E-state index in [2.05, 4.69) is 10.9 Å². The number of carbonyl (C=O) groups excluding carboxylic acids is 2. The number of rotatable bonds is 3. The maximum Gasteiger partial charge on any atom is 0.273 e. The number of hydrogen-bond donors (Lipinski definition) is 2. The molecule has 8 heteroatoms. The Morgan fingerprint density at radius 1 is 1.14 bits per heavy atom. The Morgan fingerprint density at radius 2 is 1.82 bits per heavy atom. The van der Waals surface area contributed by atoms with Crippen LogP contribution in [0.5, 0.6) is 0 Å². The first-order chi connectivity index (χ1) is 10.4. The van der Waals surface area contributed by atoms with Gasteiger partial charge in [-0.05, 0) is 26.0 Å². The molecule has 114 valence electrons. The molecule has 8 nitrogen and oxygen atoms in total. The molecule has 0 saturated carbocycles. The van der Waals surface area contributed by atoms with Crippen LogP contribution in [0.25, 0.3) is 0 Å². The number of benzene rings is 1. The third-order valence-electron chi connectivity index (χ3n) is 3.06. The van der Waals surface area contributed by atoms with Crippen LogP contribution in [0.4, 0.5) is 5.69 Å². The molecular weight excluding hydrogens is 290 g/mol. The van der Waals surface area contributed by atoms with Gasteiger partial charge in [0.05, 0.1) is 16.7 Å². The molecule has 2 rings (SSSR count). The Bertz CT molecular complexity index is 751. The average Bonchev–Trinajstić information content (AvgIpc) is 2.90. The lowest BCUT2D eigenvalue weighted by atomic mass is 10.1. The van der Waals surface area contributed by atoms with E-state index in [1.165, 1.54) is 24.5 Å². The van der Waals surface area contributed by atoms with E-state index in [1.54, 1.807) is 13.8 Å². The minimum absolute atomic E-state index is 0.0708. The van der Waals surface area contributed by atoms with Crippen molar-refractivity contribution in [3.63, 3.8) is 0 Å². The summed E-state index contributed by atoms with van der Waals surface area (Å²) < 4.78 is 4.98. The summed E-state index contributed by atoms with van der Waals surface area (Å²) in [5.74, 6) is -0.781. The number of amides is 2. The Balaban J connectivity index is 2.07. The van der Waals surface area contributed by atoms with Crippen molar-refractivity contribution in [2.24, 2.45) is 0 Å². The molecule has 0 saturated heterocycles. The SMILES string of the molecule is Cc1ccc(C(=O)NNC(=O)c2ccoc2C)cc1[N+](=O)[O-]. The number of nitrogens with zero attached hydrogens (tertiary/aromatic N) is 1. The van der Waals surface area contributed by atoms with Gasteiger partial charge in [0.25, 0.3) is 17.5 Å². The molecule has 0 unspecified atom stereocenters. The molecule has 0 aliphatic rings. The molecule has 1 heterocycles. The summed E-state index contributed by atoms with van der Waals surface area (Å²) in [6, 6.07) is 5.52. The predicted molar refractivity (Wildman–Crippen MR) is 76.2 cm³/mol. The van der Waals surface area contributed by atoms with E-state index in [-0.39, 0.29) is 16.8 Å². The number of furan rings is 1. The molecule has 0 fully saturated rings. The standard InChI is InChI=1S/C14H13N3O5/c1-8-3-4-10(7-12(8)17(20)21)13(18)15-16-14(19)11-5-6-22-9(11)2/h3-7H,1-2H3,(H,15,18)(H,16,19). The van der Waals surface area contributed by atoms with Crippen LogP contribution in [-0.4, -0.2) is 16.7 Å². The van der Waals surface area contributed by atoms with E-state index >= 15 is 0 Å². The quantitative estimate of drug-likeness (QED) is 0.663. The van der Waals surface area contributed by atoms with Gasteiger partial charge in [0, 0.05) is 17.2 Å². The van der Waals surface area contributed by atoms with E-state index in [0.29, 0.717) is 11.3 Å². The molecule has 0 aliphatic heterocycles. The number of aryl methyl sites for hydroxylation is 2. The average molecular weight is 303 g/mol. The minimum Gasteiger partial charge on any atom is -0.469 e. The lowest BCUT2D eigenvalue weighted by Crippen LogP contribution is -2.41. The van der Waals surface area contributed by atoms with Gasteiger partial charge in [0.1, 0.15) is 5.76 Å². The number of nitro benzene ring substituents is 1. The fraction of sp³-hybridized carbons (Fsp3) is 0.143. The minimum atomic E-state index is -0.655. The lowest BCUT2D eigenvalue weighted by Gasteiger charge is -2.07. The van der Waals surface area contributed by atoms with Gasteiger partial charge in [-0.25, -0.2) is 0 Å². The number of hydrogen-bond acceptors (Lipinski definition) is 5. The van der Waals surface area contributed by atoms with E-state index < -0.39 is 16.7 Å². The lowest BCUT2D eigenvalue weighted by molar-refractivity contribution is -0.385. The molecule has 2 amide bonds. The molecule has 1 aromatic carbocycles.